The topological polar surface area (TPSA) is 102 Å². The second kappa shape index (κ2) is 12.9. The molecule has 258 valence electrons. The van der Waals surface area contributed by atoms with Crippen molar-refractivity contribution < 1.29 is 38.6 Å². The van der Waals surface area contributed by atoms with E-state index in [1.807, 2.05) is 36.4 Å². The van der Waals surface area contributed by atoms with Gasteiger partial charge < -0.3 is 38.6 Å². The summed E-state index contributed by atoms with van der Waals surface area (Å²) in [6, 6.07) is 14.0. The minimum Gasteiger partial charge on any atom is -0.504 e. The van der Waals surface area contributed by atoms with E-state index in [1.165, 1.54) is 18.2 Å². The molecule has 7 rings (SSSR count). The molecule has 2 atom stereocenters. The Hall–Kier alpha value is -4.80. The number of benzene rings is 4. The summed E-state index contributed by atoms with van der Waals surface area (Å²) in [5, 5.41) is 22.5. The lowest BCUT2D eigenvalue weighted by molar-refractivity contribution is 0.224. The molecule has 0 aromatic heterocycles. The average Bonchev–Trinajstić information content (AvgIpc) is 3.12. The first-order valence-electron chi connectivity index (χ1n) is 16.6. The molecule has 0 saturated carbocycles. The predicted molar refractivity (Wildman–Crippen MR) is 186 cm³/mol. The fourth-order valence-electron chi connectivity index (χ4n) is 7.97. The molecular weight excluding hydrogens is 624 g/mol. The van der Waals surface area contributed by atoms with Crippen molar-refractivity contribution in [2.75, 3.05) is 62.7 Å². The minimum absolute atomic E-state index is 0.0279. The summed E-state index contributed by atoms with van der Waals surface area (Å²) in [6.07, 6.45) is 2.99. The van der Waals surface area contributed by atoms with Crippen LogP contribution < -0.4 is 28.4 Å². The predicted octanol–water partition coefficient (Wildman–Crippen LogP) is 6.46. The Morgan fingerprint density at radius 2 is 1.37 bits per heavy atom. The largest absolute Gasteiger partial charge is 0.504 e. The molecule has 2 heterocycles. The van der Waals surface area contributed by atoms with Gasteiger partial charge in [-0.05, 0) is 97.9 Å². The Morgan fingerprint density at radius 3 is 2.04 bits per heavy atom. The smallest absolute Gasteiger partial charge is 0.203 e. The third kappa shape index (κ3) is 5.34. The molecule has 2 aliphatic heterocycles. The van der Waals surface area contributed by atoms with Crippen molar-refractivity contribution in [3.8, 4) is 62.9 Å². The Morgan fingerprint density at radius 1 is 0.694 bits per heavy atom. The molecule has 0 saturated heterocycles. The van der Waals surface area contributed by atoms with Crippen LogP contribution in [0.4, 0.5) is 0 Å². The van der Waals surface area contributed by atoms with Crippen LogP contribution in [0.15, 0.2) is 42.5 Å². The van der Waals surface area contributed by atoms with Crippen LogP contribution in [0.1, 0.15) is 45.5 Å². The van der Waals surface area contributed by atoms with Crippen molar-refractivity contribution in [3.63, 3.8) is 0 Å². The van der Waals surface area contributed by atoms with E-state index >= 15 is 0 Å². The van der Waals surface area contributed by atoms with Gasteiger partial charge in [0.2, 0.25) is 11.5 Å². The third-order valence-corrected chi connectivity index (χ3v) is 10.6. The molecule has 0 spiro atoms. The number of aromatic hydroxyl groups is 2. The van der Waals surface area contributed by atoms with E-state index in [4.69, 9.17) is 28.4 Å². The number of phenolic OH excluding ortho intramolecular Hbond substituents is 2. The van der Waals surface area contributed by atoms with Crippen molar-refractivity contribution in [3.05, 3.63) is 75.8 Å². The van der Waals surface area contributed by atoms with Gasteiger partial charge in [-0.2, -0.15) is 0 Å². The quantitative estimate of drug-likeness (QED) is 0.207. The summed E-state index contributed by atoms with van der Waals surface area (Å²) in [5.41, 5.74) is 8.22. The van der Waals surface area contributed by atoms with E-state index in [0.717, 1.165) is 59.3 Å². The van der Waals surface area contributed by atoms with Crippen molar-refractivity contribution in [2.24, 2.45) is 0 Å². The average molecular weight is 669 g/mol. The molecule has 0 bridgehead atoms. The van der Waals surface area contributed by atoms with Crippen molar-refractivity contribution in [2.45, 2.75) is 37.8 Å². The van der Waals surface area contributed by atoms with Crippen LogP contribution in [0.3, 0.4) is 0 Å². The number of phenols is 2. The molecule has 2 N–H and O–H groups in total. The molecule has 10 heteroatoms. The van der Waals surface area contributed by atoms with Gasteiger partial charge in [0.05, 0.1) is 35.5 Å². The van der Waals surface area contributed by atoms with Crippen LogP contribution in [0.2, 0.25) is 0 Å². The summed E-state index contributed by atoms with van der Waals surface area (Å²) in [6.45, 7) is 1.71. The monoisotopic (exact) mass is 668 g/mol. The molecular formula is C39H44N2O8. The maximum atomic E-state index is 11.5. The molecule has 2 unspecified atom stereocenters. The summed E-state index contributed by atoms with van der Waals surface area (Å²) in [7, 11) is 12.2. The summed E-state index contributed by atoms with van der Waals surface area (Å²) >= 11 is 0. The van der Waals surface area contributed by atoms with Crippen LogP contribution in [0, 0.1) is 0 Å². The van der Waals surface area contributed by atoms with E-state index in [0.29, 0.717) is 53.1 Å². The maximum absolute atomic E-state index is 11.5. The first-order chi connectivity index (χ1) is 23.7. The zero-order valence-corrected chi connectivity index (χ0v) is 29.2. The number of likely N-dealkylation sites (N-methyl/N-ethyl adjacent to an activating group) is 2. The van der Waals surface area contributed by atoms with E-state index in [1.54, 1.807) is 28.4 Å². The lowest BCUT2D eigenvalue weighted by atomic mass is 9.76. The van der Waals surface area contributed by atoms with Gasteiger partial charge in [-0.25, -0.2) is 0 Å². The number of ether oxygens (including phenoxy) is 6. The van der Waals surface area contributed by atoms with E-state index < -0.39 is 0 Å². The van der Waals surface area contributed by atoms with Gasteiger partial charge in [0.15, 0.2) is 34.5 Å². The second-order valence-corrected chi connectivity index (χ2v) is 13.0. The molecule has 0 amide bonds. The van der Waals surface area contributed by atoms with Crippen molar-refractivity contribution >= 4 is 0 Å². The highest BCUT2D eigenvalue weighted by Crippen LogP contribution is 2.57. The van der Waals surface area contributed by atoms with E-state index in [-0.39, 0.29) is 23.6 Å². The van der Waals surface area contributed by atoms with Gasteiger partial charge in [0.1, 0.15) is 5.75 Å². The van der Waals surface area contributed by atoms with Gasteiger partial charge >= 0.3 is 0 Å². The molecule has 4 aromatic carbocycles. The van der Waals surface area contributed by atoms with Crippen LogP contribution in [-0.2, 0) is 25.7 Å². The highest BCUT2D eigenvalue weighted by molar-refractivity contribution is 5.87. The first-order valence-corrected chi connectivity index (χ1v) is 16.6. The van der Waals surface area contributed by atoms with Gasteiger partial charge in [-0.15, -0.1) is 0 Å². The highest BCUT2D eigenvalue weighted by atomic mass is 16.5. The highest BCUT2D eigenvalue weighted by Gasteiger charge is 2.39. The van der Waals surface area contributed by atoms with Gasteiger partial charge in [-0.3, -0.25) is 9.80 Å². The van der Waals surface area contributed by atoms with Crippen molar-refractivity contribution in [1.82, 2.24) is 9.80 Å². The van der Waals surface area contributed by atoms with Crippen LogP contribution in [0.25, 0.3) is 11.1 Å². The molecule has 0 fully saturated rings. The van der Waals surface area contributed by atoms with Gasteiger partial charge in [-0.1, -0.05) is 12.1 Å². The molecule has 1 aliphatic carbocycles. The number of nitrogens with zero attached hydrogens (tertiary/aromatic N) is 2. The zero-order valence-electron chi connectivity index (χ0n) is 29.2. The zero-order chi connectivity index (χ0) is 34.6. The van der Waals surface area contributed by atoms with Gasteiger partial charge in [0, 0.05) is 41.9 Å². The third-order valence-electron chi connectivity index (χ3n) is 10.6. The normalized spacial score (nSPS) is 18.2. The minimum atomic E-state index is -0.0426. The van der Waals surface area contributed by atoms with Crippen LogP contribution in [-0.4, -0.2) is 82.7 Å². The summed E-state index contributed by atoms with van der Waals surface area (Å²) < 4.78 is 35.0. The fraction of sp³-hybridized carbons (Fsp3) is 0.385. The van der Waals surface area contributed by atoms with Crippen LogP contribution in [0.5, 0.6) is 51.7 Å². The molecule has 0 radical (unpaired) electrons. The summed E-state index contributed by atoms with van der Waals surface area (Å²) in [5.74, 6) is 3.60. The maximum Gasteiger partial charge on any atom is 0.203 e. The lowest BCUT2D eigenvalue weighted by Crippen LogP contribution is -2.35. The SMILES string of the molecule is COc1cc2c(c(Oc3ccc(CC4c5cc(OC)c(OC)c(O)c5CCN4C)cc3)c1O)CC1c3c(cc(OC)c(OC)c3-2)CCN1C. The fourth-order valence-corrected chi connectivity index (χ4v) is 7.97. The molecule has 3 aliphatic rings. The molecule has 4 aromatic rings. The van der Waals surface area contributed by atoms with Crippen molar-refractivity contribution in [1.29, 1.82) is 0 Å². The number of rotatable bonds is 9. The Balaban J connectivity index is 1.25. The Bertz CT molecular complexity index is 1910. The Kier molecular flexibility index (Phi) is 8.62. The second-order valence-electron chi connectivity index (χ2n) is 13.0. The number of hydrogen-bond donors (Lipinski definition) is 2. The Labute approximate surface area is 287 Å². The van der Waals surface area contributed by atoms with E-state index in [2.05, 4.69) is 30.0 Å². The van der Waals surface area contributed by atoms with Gasteiger partial charge in [0.25, 0.3) is 0 Å². The molecule has 10 nitrogen and oxygen atoms in total. The summed E-state index contributed by atoms with van der Waals surface area (Å²) in [4.78, 5) is 4.65. The van der Waals surface area contributed by atoms with E-state index in [9.17, 15) is 10.2 Å². The standard InChI is InChI=1S/C39H44N2O8/c1-40-15-13-24-25(19-32(46-5)39(48-7)35(24)42)28(40)16-21-8-10-23(11-9-21)49-37-27-18-29-33-22(12-14-41(29)2)17-31(45-4)38(47-6)34(33)26(27)20-30(44-3)36(37)43/h8-11,17,19-20,28-29,42-43H,12-16,18H2,1-7H3. The first kappa shape index (κ1) is 32.7. The lowest BCUT2D eigenvalue weighted by Gasteiger charge is -2.41. The molecule has 49 heavy (non-hydrogen) atoms. The van der Waals surface area contributed by atoms with Crippen LogP contribution >= 0.6 is 0 Å². The number of methoxy groups -OCH3 is 5. The number of hydrogen-bond acceptors (Lipinski definition) is 10. The number of fused-ring (bicyclic) bond motifs is 3.